The van der Waals surface area contributed by atoms with E-state index in [0.29, 0.717) is 16.7 Å². The summed E-state index contributed by atoms with van der Waals surface area (Å²) in [4.78, 5) is 23.8. The molecule has 2 aromatic rings. The molecule has 102 valence electrons. The molecular formula is C11H15N5O2S. The molecule has 0 aliphatic rings. The number of hydrogen-bond donors (Lipinski definition) is 1. The van der Waals surface area contributed by atoms with Crippen molar-refractivity contribution in [3.05, 3.63) is 38.1 Å². The van der Waals surface area contributed by atoms with E-state index >= 15 is 0 Å². The number of anilines is 1. The van der Waals surface area contributed by atoms with Crippen molar-refractivity contribution < 1.29 is 0 Å². The molecule has 0 bridgehead atoms. The molecule has 0 aliphatic heterocycles. The van der Waals surface area contributed by atoms with Crippen molar-refractivity contribution in [2.24, 2.45) is 0 Å². The lowest BCUT2D eigenvalue weighted by Gasteiger charge is -2.05. The van der Waals surface area contributed by atoms with Crippen LogP contribution in [0, 0.1) is 0 Å². The van der Waals surface area contributed by atoms with Gasteiger partial charge in [0.05, 0.1) is 6.54 Å². The van der Waals surface area contributed by atoms with Crippen LogP contribution in [0.2, 0.25) is 0 Å². The molecule has 0 unspecified atom stereocenters. The van der Waals surface area contributed by atoms with Gasteiger partial charge in [0, 0.05) is 25.4 Å². The van der Waals surface area contributed by atoms with E-state index in [1.165, 1.54) is 32.7 Å². The number of hydrogen-bond acceptors (Lipinski definition) is 6. The zero-order chi connectivity index (χ0) is 13.8. The number of rotatable bonds is 5. The quantitative estimate of drug-likeness (QED) is 0.856. The van der Waals surface area contributed by atoms with Gasteiger partial charge in [-0.15, -0.1) is 10.2 Å². The van der Waals surface area contributed by atoms with E-state index in [0.717, 1.165) is 6.54 Å². The van der Waals surface area contributed by atoms with Gasteiger partial charge in [0.2, 0.25) is 5.13 Å². The zero-order valence-corrected chi connectivity index (χ0v) is 11.6. The minimum atomic E-state index is -0.324. The molecular weight excluding hydrogens is 266 g/mol. The molecule has 8 heteroatoms. The molecule has 0 saturated carbocycles. The van der Waals surface area contributed by atoms with E-state index in [1.807, 2.05) is 13.8 Å². The van der Waals surface area contributed by atoms with Crippen LogP contribution in [0.25, 0.3) is 0 Å². The van der Waals surface area contributed by atoms with Gasteiger partial charge in [-0.25, -0.2) is 4.79 Å². The van der Waals surface area contributed by atoms with Crippen molar-refractivity contribution in [3.8, 4) is 0 Å². The number of aryl methyl sites for hydroxylation is 1. The van der Waals surface area contributed by atoms with Gasteiger partial charge < -0.3 is 9.88 Å². The first kappa shape index (κ1) is 13.5. The van der Waals surface area contributed by atoms with Crippen molar-refractivity contribution in [1.29, 1.82) is 0 Å². The second kappa shape index (κ2) is 5.79. The highest BCUT2D eigenvalue weighted by molar-refractivity contribution is 7.15. The first-order valence-corrected chi connectivity index (χ1v) is 6.84. The van der Waals surface area contributed by atoms with Crippen LogP contribution in [0.1, 0.15) is 18.9 Å². The van der Waals surface area contributed by atoms with E-state index in [9.17, 15) is 9.59 Å². The second-order valence-electron chi connectivity index (χ2n) is 3.84. The smallest absolute Gasteiger partial charge is 0.331 e. The average Bonchev–Trinajstić information content (AvgIpc) is 2.83. The summed E-state index contributed by atoms with van der Waals surface area (Å²) in [6, 6.07) is 1.39. The number of nitrogens with one attached hydrogen (secondary N) is 1. The SMILES string of the molecule is CCNc1nnc(Cn2c(=O)ccn(CC)c2=O)s1. The molecule has 0 atom stereocenters. The highest BCUT2D eigenvalue weighted by atomic mass is 32.1. The Hall–Kier alpha value is -1.96. The van der Waals surface area contributed by atoms with Crippen LogP contribution in [-0.2, 0) is 13.1 Å². The van der Waals surface area contributed by atoms with Gasteiger partial charge in [0.25, 0.3) is 5.56 Å². The second-order valence-corrected chi connectivity index (χ2v) is 4.90. The fourth-order valence-corrected chi connectivity index (χ4v) is 2.42. The Morgan fingerprint density at radius 3 is 2.79 bits per heavy atom. The third-order valence-corrected chi connectivity index (χ3v) is 3.43. The molecule has 0 saturated heterocycles. The summed E-state index contributed by atoms with van der Waals surface area (Å²) in [5, 5.41) is 12.3. The minimum Gasteiger partial charge on any atom is -0.360 e. The summed E-state index contributed by atoms with van der Waals surface area (Å²) in [6.45, 7) is 5.25. The van der Waals surface area contributed by atoms with Crippen LogP contribution in [0.15, 0.2) is 21.9 Å². The molecule has 0 radical (unpaired) electrons. The van der Waals surface area contributed by atoms with Crippen LogP contribution >= 0.6 is 11.3 Å². The summed E-state index contributed by atoms with van der Waals surface area (Å²) in [5.41, 5.74) is -0.648. The molecule has 0 spiro atoms. The molecule has 2 heterocycles. The van der Waals surface area contributed by atoms with E-state index in [2.05, 4.69) is 15.5 Å². The molecule has 0 aromatic carbocycles. The maximum atomic E-state index is 12.0. The summed E-state index contributed by atoms with van der Waals surface area (Å²) < 4.78 is 2.65. The van der Waals surface area contributed by atoms with E-state index in [1.54, 1.807) is 0 Å². The maximum absolute atomic E-state index is 12.0. The number of aromatic nitrogens is 4. The van der Waals surface area contributed by atoms with Gasteiger partial charge in [-0.05, 0) is 13.8 Å². The van der Waals surface area contributed by atoms with E-state index < -0.39 is 0 Å². The van der Waals surface area contributed by atoms with Crippen LogP contribution < -0.4 is 16.6 Å². The van der Waals surface area contributed by atoms with Gasteiger partial charge in [-0.3, -0.25) is 9.36 Å². The summed E-state index contributed by atoms with van der Waals surface area (Å²) in [7, 11) is 0. The third-order valence-electron chi connectivity index (χ3n) is 2.57. The van der Waals surface area contributed by atoms with Crippen LogP contribution in [0.4, 0.5) is 5.13 Å². The summed E-state index contributed by atoms with van der Waals surface area (Å²) >= 11 is 1.34. The van der Waals surface area contributed by atoms with Gasteiger partial charge >= 0.3 is 5.69 Å². The molecule has 1 N–H and O–H groups in total. The van der Waals surface area contributed by atoms with Crippen LogP contribution in [0.5, 0.6) is 0 Å². The predicted octanol–water partition coefficient (Wildman–Crippen LogP) is 0.361. The largest absolute Gasteiger partial charge is 0.360 e. The Morgan fingerprint density at radius 2 is 2.11 bits per heavy atom. The summed E-state index contributed by atoms with van der Waals surface area (Å²) in [6.07, 6.45) is 1.51. The lowest BCUT2D eigenvalue weighted by molar-refractivity contribution is 0.597. The van der Waals surface area contributed by atoms with Gasteiger partial charge in [0.1, 0.15) is 5.01 Å². The Kier molecular flexibility index (Phi) is 4.10. The molecule has 19 heavy (non-hydrogen) atoms. The zero-order valence-electron chi connectivity index (χ0n) is 10.8. The molecule has 2 aromatic heterocycles. The standard InChI is InChI=1S/C11H15N5O2S/c1-3-12-10-14-13-8(19-10)7-16-9(17)5-6-15(4-2)11(16)18/h5-6H,3-4,7H2,1-2H3,(H,12,14). The predicted molar refractivity (Wildman–Crippen MR) is 73.8 cm³/mol. The first-order valence-electron chi connectivity index (χ1n) is 6.02. The molecule has 0 amide bonds. The van der Waals surface area contributed by atoms with Crippen molar-refractivity contribution in [2.45, 2.75) is 26.9 Å². The highest BCUT2D eigenvalue weighted by Crippen LogP contribution is 2.14. The third kappa shape index (κ3) is 2.90. The Labute approximate surface area is 113 Å². The first-order chi connectivity index (χ1) is 9.15. The Morgan fingerprint density at radius 1 is 1.32 bits per heavy atom. The van der Waals surface area contributed by atoms with Gasteiger partial charge in [-0.2, -0.15) is 0 Å². The van der Waals surface area contributed by atoms with Crippen molar-refractivity contribution in [3.63, 3.8) is 0 Å². The maximum Gasteiger partial charge on any atom is 0.331 e. The fourth-order valence-electron chi connectivity index (χ4n) is 1.62. The Bertz CT molecular complexity index is 672. The molecule has 2 rings (SSSR count). The van der Waals surface area contributed by atoms with E-state index in [4.69, 9.17) is 0 Å². The van der Waals surface area contributed by atoms with Crippen LogP contribution in [-0.4, -0.2) is 25.9 Å². The minimum absolute atomic E-state index is 0.154. The van der Waals surface area contributed by atoms with Crippen LogP contribution in [0.3, 0.4) is 0 Å². The normalized spacial score (nSPS) is 10.6. The monoisotopic (exact) mass is 281 g/mol. The van der Waals surface area contributed by atoms with E-state index in [-0.39, 0.29) is 17.8 Å². The topological polar surface area (TPSA) is 81.8 Å². The van der Waals surface area contributed by atoms with Crippen molar-refractivity contribution in [1.82, 2.24) is 19.3 Å². The fraction of sp³-hybridized carbons (Fsp3) is 0.455. The highest BCUT2D eigenvalue weighted by Gasteiger charge is 2.09. The van der Waals surface area contributed by atoms with Gasteiger partial charge in [-0.1, -0.05) is 11.3 Å². The Balaban J connectivity index is 2.32. The lowest BCUT2D eigenvalue weighted by Crippen LogP contribution is -2.38. The molecule has 7 nitrogen and oxygen atoms in total. The van der Waals surface area contributed by atoms with Gasteiger partial charge in [0.15, 0.2) is 0 Å². The summed E-state index contributed by atoms with van der Waals surface area (Å²) in [5.74, 6) is 0. The van der Waals surface area contributed by atoms with Crippen molar-refractivity contribution in [2.75, 3.05) is 11.9 Å². The molecule has 0 aliphatic carbocycles. The average molecular weight is 281 g/mol. The lowest BCUT2D eigenvalue weighted by atomic mass is 10.5. The van der Waals surface area contributed by atoms with Crippen molar-refractivity contribution >= 4 is 16.5 Å². The molecule has 0 fully saturated rings. The number of nitrogens with zero attached hydrogens (tertiary/aromatic N) is 4.